The van der Waals surface area contributed by atoms with Crippen LogP contribution in [0.3, 0.4) is 0 Å². The minimum atomic E-state index is -0.497. The van der Waals surface area contributed by atoms with Crippen LogP contribution in [0, 0.1) is 0 Å². The topological polar surface area (TPSA) is 64.6 Å². The van der Waals surface area contributed by atoms with Crippen LogP contribution in [0.25, 0.3) is 0 Å². The minimum absolute atomic E-state index is 0.237. The minimum Gasteiger partial charge on any atom is -0.452 e. The van der Waals surface area contributed by atoms with Crippen molar-refractivity contribution in [1.29, 1.82) is 0 Å². The van der Waals surface area contributed by atoms with Gasteiger partial charge in [0.15, 0.2) is 6.61 Å². The van der Waals surface area contributed by atoms with Gasteiger partial charge in [0.1, 0.15) is 0 Å². The van der Waals surface area contributed by atoms with E-state index >= 15 is 0 Å². The summed E-state index contributed by atoms with van der Waals surface area (Å²) in [5, 5.41) is 2.69. The van der Waals surface area contributed by atoms with Gasteiger partial charge in [-0.05, 0) is 37.1 Å². The van der Waals surface area contributed by atoms with Crippen LogP contribution in [0.15, 0.2) is 59.5 Å². The standard InChI is InChI=1S/C20H21NO4S/c22-19(21-15-7-2-1-3-8-15)13-25-20(23)17-10-4-5-11-18(17)26-14-16-9-6-12-24-16/h1-5,7-8,10-11,16H,6,9,12-14H2,(H,21,22)/t16-/m0/s1. The number of rotatable bonds is 7. The number of esters is 1. The summed E-state index contributed by atoms with van der Waals surface area (Å²) in [6, 6.07) is 16.3. The summed E-state index contributed by atoms with van der Waals surface area (Å²) in [7, 11) is 0. The third-order valence-corrected chi connectivity index (χ3v) is 5.15. The van der Waals surface area contributed by atoms with Crippen LogP contribution in [-0.2, 0) is 14.3 Å². The van der Waals surface area contributed by atoms with Crippen LogP contribution in [0.4, 0.5) is 5.69 Å². The Balaban J connectivity index is 1.53. The van der Waals surface area contributed by atoms with Crippen LogP contribution >= 0.6 is 11.8 Å². The smallest absolute Gasteiger partial charge is 0.339 e. The van der Waals surface area contributed by atoms with E-state index in [0.29, 0.717) is 11.3 Å². The Hall–Kier alpha value is -2.31. The first-order valence-corrected chi connectivity index (χ1v) is 9.56. The highest BCUT2D eigenvalue weighted by molar-refractivity contribution is 7.99. The monoisotopic (exact) mass is 371 g/mol. The van der Waals surface area contributed by atoms with Gasteiger partial charge in [-0.25, -0.2) is 4.79 Å². The molecule has 1 N–H and O–H groups in total. The normalized spacial score (nSPS) is 16.2. The fourth-order valence-electron chi connectivity index (χ4n) is 2.65. The highest BCUT2D eigenvalue weighted by atomic mass is 32.2. The highest BCUT2D eigenvalue weighted by Crippen LogP contribution is 2.27. The Morgan fingerprint density at radius 2 is 1.88 bits per heavy atom. The number of hydrogen-bond acceptors (Lipinski definition) is 5. The molecule has 5 nitrogen and oxygen atoms in total. The largest absolute Gasteiger partial charge is 0.452 e. The second-order valence-corrected chi connectivity index (χ2v) is 6.99. The first-order chi connectivity index (χ1) is 12.7. The average Bonchev–Trinajstić information content (AvgIpc) is 3.19. The Morgan fingerprint density at radius 3 is 2.65 bits per heavy atom. The molecule has 1 fully saturated rings. The Morgan fingerprint density at radius 1 is 1.12 bits per heavy atom. The summed E-state index contributed by atoms with van der Waals surface area (Å²) in [6.07, 6.45) is 2.38. The molecule has 1 amide bonds. The molecule has 1 aliphatic heterocycles. The van der Waals surface area contributed by atoms with Crippen molar-refractivity contribution in [2.24, 2.45) is 0 Å². The van der Waals surface area contributed by atoms with Crippen molar-refractivity contribution in [2.45, 2.75) is 23.8 Å². The maximum absolute atomic E-state index is 12.4. The predicted octanol–water partition coefficient (Wildman–Crippen LogP) is 3.75. The molecular formula is C20H21NO4S. The lowest BCUT2D eigenvalue weighted by atomic mass is 10.2. The molecule has 0 aliphatic carbocycles. The first kappa shape index (κ1) is 18.5. The van der Waals surface area contributed by atoms with Gasteiger partial charge in [-0.15, -0.1) is 11.8 Å². The Bertz CT molecular complexity index is 744. The Labute approximate surface area is 157 Å². The number of carbonyl (C=O) groups is 2. The number of carbonyl (C=O) groups excluding carboxylic acids is 2. The van der Waals surface area contributed by atoms with E-state index in [1.165, 1.54) is 0 Å². The van der Waals surface area contributed by atoms with Crippen molar-refractivity contribution in [3.63, 3.8) is 0 Å². The van der Waals surface area contributed by atoms with Crippen molar-refractivity contribution < 1.29 is 19.1 Å². The zero-order valence-corrected chi connectivity index (χ0v) is 15.2. The molecule has 0 bridgehead atoms. The van der Waals surface area contributed by atoms with Crippen LogP contribution in [0.2, 0.25) is 0 Å². The lowest BCUT2D eigenvalue weighted by Gasteiger charge is -2.12. The number of ether oxygens (including phenoxy) is 2. The zero-order valence-electron chi connectivity index (χ0n) is 14.4. The van der Waals surface area contributed by atoms with Gasteiger partial charge in [-0.1, -0.05) is 30.3 Å². The molecule has 0 saturated carbocycles. The molecule has 6 heteroatoms. The van der Waals surface area contributed by atoms with Gasteiger partial charge in [-0.2, -0.15) is 0 Å². The lowest BCUT2D eigenvalue weighted by molar-refractivity contribution is -0.119. The summed E-state index contributed by atoms with van der Waals surface area (Å²) < 4.78 is 10.8. The quantitative estimate of drug-likeness (QED) is 0.593. The third-order valence-electron chi connectivity index (χ3n) is 3.95. The number of anilines is 1. The molecule has 1 saturated heterocycles. The van der Waals surface area contributed by atoms with Crippen LogP contribution in [-0.4, -0.2) is 36.9 Å². The number of thioether (sulfide) groups is 1. The molecule has 136 valence electrons. The molecule has 0 aromatic heterocycles. The van der Waals surface area contributed by atoms with Crippen molar-refractivity contribution in [3.05, 3.63) is 60.2 Å². The molecule has 1 atom stereocenters. The zero-order chi connectivity index (χ0) is 18.2. The molecular weight excluding hydrogens is 350 g/mol. The van der Waals surface area contributed by atoms with E-state index in [-0.39, 0.29) is 18.6 Å². The van der Waals surface area contributed by atoms with Gasteiger partial charge in [-0.3, -0.25) is 4.79 Å². The summed E-state index contributed by atoms with van der Waals surface area (Å²) >= 11 is 1.58. The van der Waals surface area contributed by atoms with E-state index in [1.807, 2.05) is 30.3 Å². The van der Waals surface area contributed by atoms with Crippen LogP contribution in [0.5, 0.6) is 0 Å². The Kier molecular flexibility index (Phi) is 6.68. The van der Waals surface area contributed by atoms with E-state index in [2.05, 4.69) is 5.32 Å². The van der Waals surface area contributed by atoms with Gasteiger partial charge in [0, 0.05) is 22.9 Å². The first-order valence-electron chi connectivity index (χ1n) is 8.58. The van der Waals surface area contributed by atoms with Crippen molar-refractivity contribution in [3.8, 4) is 0 Å². The highest BCUT2D eigenvalue weighted by Gasteiger charge is 2.19. The van der Waals surface area contributed by atoms with Crippen molar-refractivity contribution >= 4 is 29.3 Å². The second-order valence-electron chi connectivity index (χ2n) is 5.93. The molecule has 3 rings (SSSR count). The molecule has 0 radical (unpaired) electrons. The van der Waals surface area contributed by atoms with E-state index in [0.717, 1.165) is 30.1 Å². The van der Waals surface area contributed by atoms with Gasteiger partial charge in [0.2, 0.25) is 0 Å². The number of amides is 1. The summed E-state index contributed by atoms with van der Waals surface area (Å²) in [6.45, 7) is 0.490. The van der Waals surface area contributed by atoms with Crippen molar-refractivity contribution in [2.75, 3.05) is 24.3 Å². The fraction of sp³-hybridized carbons (Fsp3) is 0.300. The van der Waals surface area contributed by atoms with E-state index in [9.17, 15) is 9.59 Å². The van der Waals surface area contributed by atoms with Gasteiger partial charge in [0.05, 0.1) is 11.7 Å². The van der Waals surface area contributed by atoms with Gasteiger partial charge in [0.25, 0.3) is 5.91 Å². The molecule has 1 heterocycles. The maximum atomic E-state index is 12.4. The van der Waals surface area contributed by atoms with Crippen molar-refractivity contribution in [1.82, 2.24) is 0 Å². The number of nitrogens with one attached hydrogen (secondary N) is 1. The fourth-order valence-corrected chi connectivity index (χ4v) is 3.76. The van der Waals surface area contributed by atoms with Gasteiger partial charge >= 0.3 is 5.97 Å². The lowest BCUT2D eigenvalue weighted by Crippen LogP contribution is -2.21. The third kappa shape index (κ3) is 5.34. The molecule has 2 aromatic rings. The van der Waals surface area contributed by atoms with E-state index < -0.39 is 5.97 Å². The SMILES string of the molecule is O=C(COC(=O)c1ccccc1SC[C@@H]1CCCO1)Nc1ccccc1. The number of hydrogen-bond donors (Lipinski definition) is 1. The average molecular weight is 371 g/mol. The van der Waals surface area contributed by atoms with Crippen LogP contribution in [0.1, 0.15) is 23.2 Å². The summed E-state index contributed by atoms with van der Waals surface area (Å²) in [5.41, 5.74) is 1.14. The molecule has 0 unspecified atom stereocenters. The summed E-state index contributed by atoms with van der Waals surface area (Å²) in [4.78, 5) is 25.1. The predicted molar refractivity (Wildman–Crippen MR) is 101 cm³/mol. The number of benzene rings is 2. The molecule has 26 heavy (non-hydrogen) atoms. The van der Waals surface area contributed by atoms with E-state index in [1.54, 1.807) is 36.0 Å². The number of para-hydroxylation sites is 1. The summed E-state index contributed by atoms with van der Waals surface area (Å²) in [5.74, 6) is -0.0589. The van der Waals surface area contributed by atoms with Gasteiger partial charge < -0.3 is 14.8 Å². The molecule has 0 spiro atoms. The van der Waals surface area contributed by atoms with Crippen LogP contribution < -0.4 is 5.32 Å². The molecule has 1 aliphatic rings. The van der Waals surface area contributed by atoms with E-state index in [4.69, 9.17) is 9.47 Å². The second kappa shape index (κ2) is 9.40. The maximum Gasteiger partial charge on any atom is 0.339 e. The molecule has 2 aromatic carbocycles.